The summed E-state index contributed by atoms with van der Waals surface area (Å²) >= 11 is 0. The number of rotatable bonds is 5. The van der Waals surface area contributed by atoms with Crippen molar-refractivity contribution < 1.29 is 4.79 Å². The van der Waals surface area contributed by atoms with Gasteiger partial charge in [-0.05, 0) is 41.0 Å². The third-order valence-corrected chi connectivity index (χ3v) is 5.80. The number of aryl methyl sites for hydroxylation is 1. The molecule has 1 aromatic heterocycles. The van der Waals surface area contributed by atoms with Gasteiger partial charge >= 0.3 is 6.03 Å². The highest BCUT2D eigenvalue weighted by Gasteiger charge is 2.09. The lowest BCUT2D eigenvalue weighted by Crippen LogP contribution is -2.24. The predicted molar refractivity (Wildman–Crippen MR) is 136 cm³/mol. The van der Waals surface area contributed by atoms with Crippen molar-refractivity contribution in [2.24, 2.45) is 5.10 Å². The van der Waals surface area contributed by atoms with E-state index in [2.05, 4.69) is 81.2 Å². The van der Waals surface area contributed by atoms with Crippen molar-refractivity contribution in [2.45, 2.75) is 13.5 Å². The van der Waals surface area contributed by atoms with Crippen LogP contribution in [0.4, 0.5) is 10.5 Å². The van der Waals surface area contributed by atoms with E-state index in [1.54, 1.807) is 6.21 Å². The van der Waals surface area contributed by atoms with Crippen molar-refractivity contribution in [3.8, 4) is 0 Å². The number of carbonyl (C=O) groups excluding carboxylic acids is 1. The van der Waals surface area contributed by atoms with E-state index in [4.69, 9.17) is 0 Å². The van der Waals surface area contributed by atoms with E-state index in [-0.39, 0.29) is 6.03 Å². The molecule has 33 heavy (non-hydrogen) atoms. The van der Waals surface area contributed by atoms with Crippen LogP contribution in [0.15, 0.2) is 102 Å². The number of fused-ring (bicyclic) bond motifs is 2. The number of para-hydroxylation sites is 2. The lowest BCUT2D eigenvalue weighted by atomic mass is 10.0. The zero-order valence-corrected chi connectivity index (χ0v) is 18.3. The first-order valence-corrected chi connectivity index (χ1v) is 10.9. The molecule has 0 aliphatic rings. The van der Waals surface area contributed by atoms with E-state index >= 15 is 0 Å². The normalized spacial score (nSPS) is 11.3. The minimum absolute atomic E-state index is 0.375. The number of aromatic nitrogens is 1. The van der Waals surface area contributed by atoms with E-state index in [0.717, 1.165) is 34.3 Å². The predicted octanol–water partition coefficient (Wildman–Crippen LogP) is 6.31. The van der Waals surface area contributed by atoms with Crippen LogP contribution < -0.4 is 10.7 Å². The van der Waals surface area contributed by atoms with Crippen molar-refractivity contribution in [3.05, 3.63) is 114 Å². The molecule has 5 aromatic rings. The highest BCUT2D eigenvalue weighted by molar-refractivity contribution is 6.00. The first-order chi connectivity index (χ1) is 16.2. The second-order valence-electron chi connectivity index (χ2n) is 8.01. The van der Waals surface area contributed by atoms with Crippen LogP contribution in [-0.4, -0.2) is 16.8 Å². The van der Waals surface area contributed by atoms with Crippen LogP contribution in [0.25, 0.3) is 21.7 Å². The molecule has 2 N–H and O–H groups in total. The third-order valence-electron chi connectivity index (χ3n) is 5.80. The summed E-state index contributed by atoms with van der Waals surface area (Å²) in [4.78, 5) is 12.2. The van der Waals surface area contributed by atoms with Crippen LogP contribution in [0, 0.1) is 6.92 Å². The molecule has 0 fully saturated rings. The van der Waals surface area contributed by atoms with E-state index in [9.17, 15) is 4.79 Å². The number of amides is 2. The molecule has 162 valence electrons. The zero-order chi connectivity index (χ0) is 22.6. The number of nitrogens with one attached hydrogen (secondary N) is 2. The quantitative estimate of drug-likeness (QED) is 0.248. The van der Waals surface area contributed by atoms with Crippen LogP contribution in [0.3, 0.4) is 0 Å². The SMILES string of the molecule is Cc1ccccc1NC(=O)NN=Cc1cn(Cc2cccc3ccccc23)c2ccccc12. The maximum absolute atomic E-state index is 12.2. The number of nitrogens with zero attached hydrogens (tertiary/aromatic N) is 2. The smallest absolute Gasteiger partial charge is 0.339 e. The average molecular weight is 433 g/mol. The minimum Gasteiger partial charge on any atom is -0.342 e. The number of carbonyl (C=O) groups is 1. The Hall–Kier alpha value is -4.38. The second kappa shape index (κ2) is 9.01. The Morgan fingerprint density at radius 3 is 2.48 bits per heavy atom. The standard InChI is InChI=1S/C28H24N4O/c1-20-9-2-6-15-26(20)30-28(33)31-29-17-23-19-32(27-16-7-5-14-25(23)27)18-22-12-8-11-21-10-3-4-13-24(21)22/h2-17,19H,18H2,1H3,(H2,30,31,33). The molecular formula is C28H24N4O. The molecule has 2 amide bonds. The van der Waals surface area contributed by atoms with Gasteiger partial charge in [0, 0.05) is 34.9 Å². The molecule has 0 aliphatic carbocycles. The molecule has 0 spiro atoms. The fraction of sp³-hybridized carbons (Fsp3) is 0.0714. The van der Waals surface area contributed by atoms with Gasteiger partial charge in [0.2, 0.25) is 0 Å². The van der Waals surface area contributed by atoms with Crippen molar-refractivity contribution in [3.63, 3.8) is 0 Å². The van der Waals surface area contributed by atoms with Crippen LogP contribution in [0.1, 0.15) is 16.7 Å². The van der Waals surface area contributed by atoms with E-state index in [0.29, 0.717) is 0 Å². The molecule has 4 aromatic carbocycles. The van der Waals surface area contributed by atoms with Gasteiger partial charge in [0.15, 0.2) is 0 Å². The summed E-state index contributed by atoms with van der Waals surface area (Å²) in [5, 5.41) is 10.6. The number of hydrogen-bond acceptors (Lipinski definition) is 2. The number of anilines is 1. The maximum Gasteiger partial charge on any atom is 0.339 e. The molecule has 5 heteroatoms. The third kappa shape index (κ3) is 4.34. The lowest BCUT2D eigenvalue weighted by molar-refractivity contribution is 0.252. The topological polar surface area (TPSA) is 58.4 Å². The highest BCUT2D eigenvalue weighted by Crippen LogP contribution is 2.24. The summed E-state index contributed by atoms with van der Waals surface area (Å²) in [5.41, 5.74) is 7.64. The Bertz CT molecular complexity index is 1480. The summed E-state index contributed by atoms with van der Waals surface area (Å²) in [6.45, 7) is 2.70. The number of hydrogen-bond donors (Lipinski definition) is 2. The Balaban J connectivity index is 1.38. The first kappa shape index (κ1) is 20.5. The van der Waals surface area contributed by atoms with Gasteiger partial charge in [-0.25, -0.2) is 10.2 Å². The fourth-order valence-corrected chi connectivity index (χ4v) is 4.15. The van der Waals surface area contributed by atoms with Gasteiger partial charge in [0.05, 0.1) is 6.21 Å². The van der Waals surface area contributed by atoms with Gasteiger partial charge in [-0.15, -0.1) is 0 Å². The van der Waals surface area contributed by atoms with Crippen LogP contribution >= 0.6 is 0 Å². The molecule has 1 heterocycles. The van der Waals surface area contributed by atoms with Crippen molar-refractivity contribution in [1.29, 1.82) is 0 Å². The molecule has 0 aliphatic heterocycles. The molecule has 0 saturated carbocycles. The van der Waals surface area contributed by atoms with E-state index in [1.165, 1.54) is 16.3 Å². The molecule has 0 saturated heterocycles. The monoisotopic (exact) mass is 432 g/mol. The Kier molecular flexibility index (Phi) is 5.60. The number of benzene rings is 4. The summed E-state index contributed by atoms with van der Waals surface area (Å²) in [7, 11) is 0. The van der Waals surface area contributed by atoms with Gasteiger partial charge in [-0.2, -0.15) is 5.10 Å². The molecule has 0 unspecified atom stereocenters. The largest absolute Gasteiger partial charge is 0.342 e. The fourth-order valence-electron chi connectivity index (χ4n) is 4.15. The number of hydrazone groups is 1. The van der Waals surface area contributed by atoms with Crippen molar-refractivity contribution >= 4 is 39.6 Å². The summed E-state index contributed by atoms with van der Waals surface area (Å²) in [6, 6.07) is 30.3. The summed E-state index contributed by atoms with van der Waals surface area (Å²) in [5.74, 6) is 0. The van der Waals surface area contributed by atoms with E-state index in [1.807, 2.05) is 43.3 Å². The van der Waals surface area contributed by atoms with Crippen LogP contribution in [-0.2, 0) is 6.54 Å². The minimum atomic E-state index is -0.375. The van der Waals surface area contributed by atoms with Gasteiger partial charge < -0.3 is 9.88 Å². The molecule has 0 radical (unpaired) electrons. The van der Waals surface area contributed by atoms with E-state index < -0.39 is 0 Å². The highest BCUT2D eigenvalue weighted by atomic mass is 16.2. The van der Waals surface area contributed by atoms with Gasteiger partial charge in [-0.3, -0.25) is 0 Å². The van der Waals surface area contributed by atoms with Crippen molar-refractivity contribution in [1.82, 2.24) is 9.99 Å². The zero-order valence-electron chi connectivity index (χ0n) is 18.3. The van der Waals surface area contributed by atoms with Gasteiger partial charge in [0.1, 0.15) is 0 Å². The summed E-state index contributed by atoms with van der Waals surface area (Å²) in [6.07, 6.45) is 3.77. The van der Waals surface area contributed by atoms with Crippen LogP contribution in [0.2, 0.25) is 0 Å². The Morgan fingerprint density at radius 2 is 1.61 bits per heavy atom. The summed E-state index contributed by atoms with van der Waals surface area (Å²) < 4.78 is 2.23. The molecule has 5 nitrogen and oxygen atoms in total. The average Bonchev–Trinajstić information content (AvgIpc) is 3.18. The molecule has 0 atom stereocenters. The Labute approximate surface area is 192 Å². The second-order valence-corrected chi connectivity index (χ2v) is 8.01. The molecule has 0 bridgehead atoms. The lowest BCUT2D eigenvalue weighted by Gasteiger charge is -2.09. The Morgan fingerprint density at radius 1 is 0.879 bits per heavy atom. The number of urea groups is 1. The molecule has 5 rings (SSSR count). The van der Waals surface area contributed by atoms with Gasteiger partial charge in [-0.1, -0.05) is 78.9 Å². The van der Waals surface area contributed by atoms with Crippen LogP contribution in [0.5, 0.6) is 0 Å². The van der Waals surface area contributed by atoms with Gasteiger partial charge in [0.25, 0.3) is 0 Å². The first-order valence-electron chi connectivity index (χ1n) is 10.9. The molecular weight excluding hydrogens is 408 g/mol. The van der Waals surface area contributed by atoms with Crippen molar-refractivity contribution in [2.75, 3.05) is 5.32 Å². The maximum atomic E-state index is 12.2.